The van der Waals surface area contributed by atoms with Crippen LogP contribution in [0.25, 0.3) is 21.3 Å². The molecule has 0 fully saturated rings. The number of aliphatic hydroxyl groups excluding tert-OH is 1. The topological polar surface area (TPSA) is 87.7 Å². The second kappa shape index (κ2) is 12.4. The molecule has 0 saturated carbocycles. The number of aliphatic hydroxyl groups is 1. The van der Waals surface area contributed by atoms with Gasteiger partial charge in [0, 0.05) is 17.5 Å². The van der Waals surface area contributed by atoms with Gasteiger partial charge in [0.15, 0.2) is 11.5 Å². The molecule has 0 amide bonds. The summed E-state index contributed by atoms with van der Waals surface area (Å²) in [6.45, 7) is 6.16. The molecule has 0 aliphatic carbocycles. The van der Waals surface area contributed by atoms with Gasteiger partial charge in [0.2, 0.25) is 0 Å². The third-order valence-electron chi connectivity index (χ3n) is 6.37. The van der Waals surface area contributed by atoms with Crippen molar-refractivity contribution in [2.45, 2.75) is 39.3 Å². The number of aromatic nitrogens is 2. The van der Waals surface area contributed by atoms with Crippen LogP contribution in [-0.2, 0) is 13.0 Å². The summed E-state index contributed by atoms with van der Waals surface area (Å²) in [4.78, 5) is 23.9. The lowest BCUT2D eigenvalue weighted by atomic mass is 10.1. The zero-order valence-electron chi connectivity index (χ0n) is 21.9. The van der Waals surface area contributed by atoms with E-state index in [0.717, 1.165) is 29.7 Å². The van der Waals surface area contributed by atoms with Gasteiger partial charge in [-0.1, -0.05) is 50.2 Å². The van der Waals surface area contributed by atoms with Crippen molar-refractivity contribution in [1.29, 1.82) is 0 Å². The number of nitrogens with one attached hydrogen (secondary N) is 1. The number of aromatic amines is 1. The molecule has 0 radical (unpaired) electrons. The summed E-state index contributed by atoms with van der Waals surface area (Å²) in [6, 6.07) is 15.6. The van der Waals surface area contributed by atoms with Crippen molar-refractivity contribution in [1.82, 2.24) is 14.9 Å². The lowest BCUT2D eigenvalue weighted by molar-refractivity contribution is 0.104. The largest absolute Gasteiger partial charge is 0.493 e. The van der Waals surface area contributed by atoms with Gasteiger partial charge in [-0.25, -0.2) is 4.98 Å². The van der Waals surface area contributed by atoms with Gasteiger partial charge in [-0.2, -0.15) is 0 Å². The number of ether oxygens (including phenoxy) is 2. The number of H-pyrrole nitrogens is 1. The highest BCUT2D eigenvalue weighted by atomic mass is 32.1. The summed E-state index contributed by atoms with van der Waals surface area (Å²) in [5.41, 5.74) is 2.62. The van der Waals surface area contributed by atoms with Crippen molar-refractivity contribution >= 4 is 21.6 Å². The normalized spacial score (nSPS) is 12.4. The minimum absolute atomic E-state index is 0.167. The monoisotopic (exact) mass is 521 g/mol. The van der Waals surface area contributed by atoms with Crippen molar-refractivity contribution in [3.8, 4) is 22.6 Å². The Bertz CT molecular complexity index is 1370. The zero-order chi connectivity index (χ0) is 26.4. The predicted molar refractivity (Wildman–Crippen MR) is 150 cm³/mol. The minimum Gasteiger partial charge on any atom is -0.493 e. The molecule has 37 heavy (non-hydrogen) atoms. The first kappa shape index (κ1) is 26.9. The van der Waals surface area contributed by atoms with Gasteiger partial charge in [-0.3, -0.25) is 9.69 Å². The fourth-order valence-electron chi connectivity index (χ4n) is 4.42. The van der Waals surface area contributed by atoms with Crippen LogP contribution in [0.4, 0.5) is 0 Å². The van der Waals surface area contributed by atoms with E-state index >= 15 is 0 Å². The number of hydrogen-bond acceptors (Lipinski definition) is 7. The van der Waals surface area contributed by atoms with E-state index in [1.165, 1.54) is 11.3 Å². The van der Waals surface area contributed by atoms with Crippen LogP contribution >= 0.6 is 11.3 Å². The summed E-state index contributed by atoms with van der Waals surface area (Å²) in [5.74, 6) is 2.38. The Kier molecular flexibility index (Phi) is 8.97. The van der Waals surface area contributed by atoms with Gasteiger partial charge in [-0.05, 0) is 48.6 Å². The number of nitrogens with zero attached hydrogens (tertiary/aromatic N) is 2. The molecule has 0 spiro atoms. The third-order valence-corrected chi connectivity index (χ3v) is 7.24. The molecule has 4 aromatic rings. The van der Waals surface area contributed by atoms with Crippen LogP contribution in [0.5, 0.6) is 11.5 Å². The van der Waals surface area contributed by atoms with Crippen LogP contribution < -0.4 is 15.0 Å². The van der Waals surface area contributed by atoms with E-state index in [9.17, 15) is 9.90 Å². The van der Waals surface area contributed by atoms with Crippen molar-refractivity contribution in [2.75, 3.05) is 27.3 Å². The molecule has 2 N–H and O–H groups in total. The Hall–Kier alpha value is -3.20. The minimum atomic E-state index is -0.511. The zero-order valence-corrected chi connectivity index (χ0v) is 22.7. The maximum Gasteiger partial charge on any atom is 0.260 e. The predicted octanol–water partition coefficient (Wildman–Crippen LogP) is 5.12. The maximum atomic E-state index is 13.2. The van der Waals surface area contributed by atoms with Crippen LogP contribution in [0.1, 0.15) is 31.7 Å². The Morgan fingerprint density at radius 3 is 2.54 bits per heavy atom. The first-order valence-corrected chi connectivity index (χ1v) is 13.4. The summed E-state index contributed by atoms with van der Waals surface area (Å²) in [6.07, 6.45) is 1.07. The molecule has 8 heteroatoms. The van der Waals surface area contributed by atoms with Gasteiger partial charge in [-0.15, -0.1) is 11.3 Å². The van der Waals surface area contributed by atoms with Crippen molar-refractivity contribution < 1.29 is 14.6 Å². The van der Waals surface area contributed by atoms with Crippen LogP contribution in [0, 0.1) is 5.92 Å². The van der Waals surface area contributed by atoms with E-state index in [1.54, 1.807) is 14.2 Å². The van der Waals surface area contributed by atoms with E-state index in [4.69, 9.17) is 14.5 Å². The highest BCUT2D eigenvalue weighted by Crippen LogP contribution is 2.36. The SMILES string of the molecule is COc1ccc(-c2csc3nc(CN(CCC(C)C)CC(O)Cc4ccccc4)[nH]c(=O)c23)cc1OC. The molecule has 0 aliphatic rings. The maximum absolute atomic E-state index is 13.2. The van der Waals surface area contributed by atoms with Gasteiger partial charge >= 0.3 is 0 Å². The van der Waals surface area contributed by atoms with Crippen LogP contribution in [0.15, 0.2) is 58.7 Å². The molecule has 4 rings (SSSR count). The van der Waals surface area contributed by atoms with Crippen LogP contribution in [-0.4, -0.2) is 53.4 Å². The standard InChI is InChI=1S/C29H35N3O4S/c1-19(2)12-13-32(16-22(33)14-20-8-6-5-7-9-20)17-26-30-28(34)27-23(18-37-29(27)31-26)21-10-11-24(35-3)25(15-21)36-4/h5-11,15,18-19,22,33H,12-14,16-17H2,1-4H3,(H,30,31,34). The molecular weight excluding hydrogens is 486 g/mol. The molecule has 2 aromatic carbocycles. The highest BCUT2D eigenvalue weighted by molar-refractivity contribution is 7.17. The number of fused-ring (bicyclic) bond motifs is 1. The number of thiophene rings is 1. The van der Waals surface area contributed by atoms with E-state index < -0.39 is 6.10 Å². The van der Waals surface area contributed by atoms with Gasteiger partial charge in [0.05, 0.1) is 32.3 Å². The fourth-order valence-corrected chi connectivity index (χ4v) is 5.39. The Morgan fingerprint density at radius 2 is 1.84 bits per heavy atom. The smallest absolute Gasteiger partial charge is 0.260 e. The fraction of sp³-hybridized carbons (Fsp3) is 0.379. The number of rotatable bonds is 12. The third kappa shape index (κ3) is 6.77. The van der Waals surface area contributed by atoms with E-state index in [-0.39, 0.29) is 5.56 Å². The Morgan fingerprint density at radius 1 is 1.08 bits per heavy atom. The molecule has 1 unspecified atom stereocenters. The molecule has 0 saturated heterocycles. The van der Waals surface area contributed by atoms with E-state index in [2.05, 4.69) is 23.7 Å². The van der Waals surface area contributed by atoms with Crippen LogP contribution in [0.3, 0.4) is 0 Å². The molecular formula is C29H35N3O4S. The van der Waals surface area contributed by atoms with Crippen molar-refractivity contribution in [3.63, 3.8) is 0 Å². The molecule has 2 aromatic heterocycles. The average Bonchev–Trinajstić information content (AvgIpc) is 3.32. The first-order valence-electron chi connectivity index (χ1n) is 12.5. The molecule has 0 aliphatic heterocycles. The summed E-state index contributed by atoms with van der Waals surface area (Å²) >= 11 is 1.45. The van der Waals surface area contributed by atoms with Crippen molar-refractivity contribution in [3.05, 3.63) is 75.7 Å². The van der Waals surface area contributed by atoms with E-state index in [1.807, 2.05) is 53.9 Å². The lowest BCUT2D eigenvalue weighted by Gasteiger charge is -2.25. The lowest BCUT2D eigenvalue weighted by Crippen LogP contribution is -2.35. The quantitative estimate of drug-likeness (QED) is 0.269. The second-order valence-corrected chi connectivity index (χ2v) is 10.5. The average molecular weight is 522 g/mol. The Balaban J connectivity index is 1.57. The summed E-state index contributed by atoms with van der Waals surface area (Å²) in [5, 5.41) is 13.3. The van der Waals surface area contributed by atoms with Crippen molar-refractivity contribution in [2.24, 2.45) is 5.92 Å². The van der Waals surface area contributed by atoms with E-state index in [0.29, 0.717) is 53.0 Å². The second-order valence-electron chi connectivity index (χ2n) is 9.67. The number of hydrogen-bond donors (Lipinski definition) is 2. The highest BCUT2D eigenvalue weighted by Gasteiger charge is 2.18. The van der Waals surface area contributed by atoms with Gasteiger partial charge in [0.1, 0.15) is 10.7 Å². The Labute approximate surface area is 221 Å². The van der Waals surface area contributed by atoms with Gasteiger partial charge < -0.3 is 19.6 Å². The number of methoxy groups -OCH3 is 2. The summed E-state index contributed by atoms with van der Waals surface area (Å²) in [7, 11) is 3.19. The number of benzene rings is 2. The molecule has 0 bridgehead atoms. The molecule has 1 atom stereocenters. The van der Waals surface area contributed by atoms with Crippen LogP contribution in [0.2, 0.25) is 0 Å². The molecule has 2 heterocycles. The first-order chi connectivity index (χ1) is 17.9. The van der Waals surface area contributed by atoms with Gasteiger partial charge in [0.25, 0.3) is 5.56 Å². The molecule has 196 valence electrons. The summed E-state index contributed by atoms with van der Waals surface area (Å²) < 4.78 is 10.8. The molecule has 7 nitrogen and oxygen atoms in total.